The van der Waals surface area contributed by atoms with Crippen molar-refractivity contribution in [2.45, 2.75) is 19.9 Å². The second kappa shape index (κ2) is 9.77. The third kappa shape index (κ3) is 5.04. The van der Waals surface area contributed by atoms with Gasteiger partial charge in [-0.2, -0.15) is 0 Å². The van der Waals surface area contributed by atoms with Crippen LogP contribution in [0.25, 0.3) is 22.0 Å². The molecule has 0 aliphatic heterocycles. The molecule has 1 heterocycles. The standard InChI is InChI=1S/C30H25N3O2/c1-21(34)31-26-16-17-28-27(19-26)30(35)33(29(32-28)18-22-8-4-2-5-9-22)20-23-12-14-25(15-13-23)24-10-6-3-7-11-24/h2-17,19H,18,20H2,1H3,(H,31,34). The van der Waals surface area contributed by atoms with Crippen molar-refractivity contribution in [3.05, 3.63) is 130 Å². The summed E-state index contributed by atoms with van der Waals surface area (Å²) >= 11 is 0. The van der Waals surface area contributed by atoms with Gasteiger partial charge in [0.25, 0.3) is 5.56 Å². The van der Waals surface area contributed by atoms with Crippen LogP contribution >= 0.6 is 0 Å². The van der Waals surface area contributed by atoms with E-state index in [4.69, 9.17) is 4.98 Å². The number of rotatable bonds is 6. The Morgan fingerprint density at radius 3 is 2.14 bits per heavy atom. The summed E-state index contributed by atoms with van der Waals surface area (Å²) in [7, 11) is 0. The van der Waals surface area contributed by atoms with Crippen molar-refractivity contribution in [1.29, 1.82) is 0 Å². The van der Waals surface area contributed by atoms with Crippen LogP contribution in [0.5, 0.6) is 0 Å². The van der Waals surface area contributed by atoms with Crippen LogP contribution in [-0.2, 0) is 17.8 Å². The van der Waals surface area contributed by atoms with E-state index in [1.165, 1.54) is 6.92 Å². The fourth-order valence-electron chi connectivity index (χ4n) is 4.24. The van der Waals surface area contributed by atoms with Gasteiger partial charge in [0.15, 0.2) is 0 Å². The lowest BCUT2D eigenvalue weighted by atomic mass is 10.0. The number of benzene rings is 4. The van der Waals surface area contributed by atoms with Crippen LogP contribution in [0.4, 0.5) is 5.69 Å². The number of anilines is 1. The van der Waals surface area contributed by atoms with Gasteiger partial charge in [-0.05, 0) is 40.5 Å². The molecule has 0 saturated heterocycles. The Hall–Kier alpha value is -4.51. The quantitative estimate of drug-likeness (QED) is 0.356. The Bertz CT molecular complexity index is 1540. The molecule has 5 rings (SSSR count). The molecule has 0 atom stereocenters. The summed E-state index contributed by atoms with van der Waals surface area (Å²) in [4.78, 5) is 30.1. The second-order valence-electron chi connectivity index (χ2n) is 8.56. The summed E-state index contributed by atoms with van der Waals surface area (Å²) in [5.74, 6) is 0.518. The molecule has 1 aromatic heterocycles. The topological polar surface area (TPSA) is 64.0 Å². The molecule has 1 N–H and O–H groups in total. The van der Waals surface area contributed by atoms with Crippen molar-refractivity contribution < 1.29 is 4.79 Å². The third-order valence-electron chi connectivity index (χ3n) is 5.96. The minimum Gasteiger partial charge on any atom is -0.326 e. The number of amides is 1. The van der Waals surface area contributed by atoms with E-state index in [9.17, 15) is 9.59 Å². The normalized spacial score (nSPS) is 10.9. The first kappa shape index (κ1) is 22.3. The van der Waals surface area contributed by atoms with Gasteiger partial charge in [0.2, 0.25) is 5.91 Å². The van der Waals surface area contributed by atoms with Crippen LogP contribution in [0, 0.1) is 0 Å². The van der Waals surface area contributed by atoms with E-state index in [0.717, 1.165) is 22.3 Å². The van der Waals surface area contributed by atoms with Crippen molar-refractivity contribution in [2.24, 2.45) is 0 Å². The molecule has 0 spiro atoms. The van der Waals surface area contributed by atoms with Crippen molar-refractivity contribution in [1.82, 2.24) is 9.55 Å². The Labute approximate surface area is 203 Å². The van der Waals surface area contributed by atoms with Crippen molar-refractivity contribution in [3.8, 4) is 11.1 Å². The summed E-state index contributed by atoms with van der Waals surface area (Å²) < 4.78 is 1.74. The van der Waals surface area contributed by atoms with E-state index in [-0.39, 0.29) is 11.5 Å². The van der Waals surface area contributed by atoms with Gasteiger partial charge < -0.3 is 5.32 Å². The number of aromatic nitrogens is 2. The number of hydrogen-bond acceptors (Lipinski definition) is 3. The minimum atomic E-state index is -0.183. The first-order chi connectivity index (χ1) is 17.1. The van der Waals surface area contributed by atoms with E-state index in [1.54, 1.807) is 22.8 Å². The van der Waals surface area contributed by atoms with Crippen LogP contribution < -0.4 is 10.9 Å². The lowest BCUT2D eigenvalue weighted by molar-refractivity contribution is -0.114. The zero-order valence-electron chi connectivity index (χ0n) is 19.4. The van der Waals surface area contributed by atoms with Crippen molar-refractivity contribution in [3.63, 3.8) is 0 Å². The second-order valence-corrected chi connectivity index (χ2v) is 8.56. The lowest BCUT2D eigenvalue weighted by Gasteiger charge is -2.15. The molecule has 5 aromatic rings. The minimum absolute atomic E-state index is 0.125. The summed E-state index contributed by atoms with van der Waals surface area (Å²) in [6, 6.07) is 33.8. The summed E-state index contributed by atoms with van der Waals surface area (Å²) in [5, 5.41) is 3.24. The molecule has 1 amide bonds. The number of hydrogen-bond donors (Lipinski definition) is 1. The fraction of sp³-hybridized carbons (Fsp3) is 0.100. The van der Waals surface area contributed by atoms with E-state index < -0.39 is 0 Å². The lowest BCUT2D eigenvalue weighted by Crippen LogP contribution is -2.26. The van der Waals surface area contributed by atoms with Crippen molar-refractivity contribution in [2.75, 3.05) is 5.32 Å². The molecule has 0 saturated carbocycles. The number of fused-ring (bicyclic) bond motifs is 1. The van der Waals surface area contributed by atoms with Gasteiger partial charge in [-0.15, -0.1) is 0 Å². The molecule has 5 heteroatoms. The average Bonchev–Trinajstić information content (AvgIpc) is 2.88. The molecule has 5 nitrogen and oxygen atoms in total. The molecule has 0 aliphatic carbocycles. The van der Waals surface area contributed by atoms with E-state index in [2.05, 4.69) is 41.7 Å². The predicted molar refractivity (Wildman–Crippen MR) is 141 cm³/mol. The Kier molecular flexibility index (Phi) is 6.22. The Morgan fingerprint density at radius 2 is 1.46 bits per heavy atom. The monoisotopic (exact) mass is 459 g/mol. The molecule has 4 aromatic carbocycles. The van der Waals surface area contributed by atoms with Crippen molar-refractivity contribution >= 4 is 22.5 Å². The van der Waals surface area contributed by atoms with Gasteiger partial charge in [-0.1, -0.05) is 84.9 Å². The first-order valence-corrected chi connectivity index (χ1v) is 11.6. The van der Waals surface area contributed by atoms with Gasteiger partial charge in [-0.3, -0.25) is 14.2 Å². The SMILES string of the molecule is CC(=O)Nc1ccc2nc(Cc3ccccc3)n(Cc3ccc(-c4ccccc4)cc3)c(=O)c2c1. The van der Waals surface area contributed by atoms with Crippen LogP contribution in [0.3, 0.4) is 0 Å². The molecule has 0 unspecified atom stereocenters. The molecular weight excluding hydrogens is 434 g/mol. The fourth-order valence-corrected chi connectivity index (χ4v) is 4.24. The zero-order chi connectivity index (χ0) is 24.2. The van der Waals surface area contributed by atoms with Gasteiger partial charge in [0, 0.05) is 19.0 Å². The Balaban J connectivity index is 1.56. The molecule has 0 radical (unpaired) electrons. The molecule has 0 aliphatic rings. The number of nitrogens with zero attached hydrogens (tertiary/aromatic N) is 2. The molecule has 0 fully saturated rings. The van der Waals surface area contributed by atoms with Gasteiger partial charge in [0.05, 0.1) is 17.4 Å². The predicted octanol–water partition coefficient (Wildman–Crippen LogP) is 5.66. The smallest absolute Gasteiger partial charge is 0.261 e. The van der Waals surface area contributed by atoms with Gasteiger partial charge in [0.1, 0.15) is 5.82 Å². The first-order valence-electron chi connectivity index (χ1n) is 11.6. The maximum atomic E-state index is 13.7. The highest BCUT2D eigenvalue weighted by molar-refractivity contribution is 5.92. The summed E-state index contributed by atoms with van der Waals surface area (Å²) in [5.41, 5.74) is 5.45. The highest BCUT2D eigenvalue weighted by Crippen LogP contribution is 2.21. The Morgan fingerprint density at radius 1 is 0.800 bits per heavy atom. The number of carbonyl (C=O) groups excluding carboxylic acids is 1. The molecular formula is C30H25N3O2. The third-order valence-corrected chi connectivity index (χ3v) is 5.96. The van der Waals surface area contributed by atoms with Crippen LogP contribution in [0.1, 0.15) is 23.9 Å². The molecule has 172 valence electrons. The van der Waals surface area contributed by atoms with E-state index >= 15 is 0 Å². The van der Waals surface area contributed by atoms with Gasteiger partial charge >= 0.3 is 0 Å². The van der Waals surface area contributed by atoms with Crippen LogP contribution in [0.15, 0.2) is 108 Å². The molecule has 0 bridgehead atoms. The number of carbonyl (C=O) groups is 1. The zero-order valence-corrected chi connectivity index (χ0v) is 19.4. The average molecular weight is 460 g/mol. The van der Waals surface area contributed by atoms with E-state index in [1.807, 2.05) is 48.5 Å². The maximum Gasteiger partial charge on any atom is 0.261 e. The summed E-state index contributed by atoms with van der Waals surface area (Å²) in [6.45, 7) is 1.85. The summed E-state index contributed by atoms with van der Waals surface area (Å²) in [6.07, 6.45) is 0.543. The highest BCUT2D eigenvalue weighted by atomic mass is 16.1. The van der Waals surface area contributed by atoms with Crippen LogP contribution in [0.2, 0.25) is 0 Å². The molecule has 35 heavy (non-hydrogen) atoms. The van der Waals surface area contributed by atoms with E-state index in [0.29, 0.717) is 35.4 Å². The maximum absolute atomic E-state index is 13.7. The van der Waals surface area contributed by atoms with Gasteiger partial charge in [-0.25, -0.2) is 4.98 Å². The largest absolute Gasteiger partial charge is 0.326 e. The van der Waals surface area contributed by atoms with Crippen LogP contribution in [-0.4, -0.2) is 15.5 Å². The highest BCUT2D eigenvalue weighted by Gasteiger charge is 2.13. The number of nitrogens with one attached hydrogen (secondary N) is 1.